The molecule has 0 saturated heterocycles. The molecule has 0 fully saturated rings. The van der Waals surface area contributed by atoms with Gasteiger partial charge in [0, 0.05) is 12.6 Å². The third-order valence-electron chi connectivity index (χ3n) is 5.19. The molecule has 1 aliphatic heterocycles. The fourth-order valence-corrected chi connectivity index (χ4v) is 3.38. The van der Waals surface area contributed by atoms with Crippen LogP contribution in [0.3, 0.4) is 0 Å². The van der Waals surface area contributed by atoms with Crippen molar-refractivity contribution in [2.45, 2.75) is 26.0 Å². The largest absolute Gasteiger partial charge is 0.477 e. The zero-order chi connectivity index (χ0) is 24.0. The zero-order valence-corrected chi connectivity index (χ0v) is 18.7. The van der Waals surface area contributed by atoms with E-state index in [9.17, 15) is 19.2 Å². The summed E-state index contributed by atoms with van der Waals surface area (Å²) in [5.74, 6) is -1.89. The van der Waals surface area contributed by atoms with Crippen LogP contribution in [0.1, 0.15) is 24.2 Å². The molecule has 0 aliphatic carbocycles. The Morgan fingerprint density at radius 2 is 1.73 bits per heavy atom. The number of amides is 3. The number of carbonyl (C=O) groups excluding carboxylic acids is 4. The molecule has 174 valence electrons. The highest BCUT2D eigenvalue weighted by molar-refractivity contribution is 6.00. The van der Waals surface area contributed by atoms with Gasteiger partial charge >= 0.3 is 5.97 Å². The number of ether oxygens (including phenoxy) is 2. The third-order valence-corrected chi connectivity index (χ3v) is 5.19. The highest BCUT2D eigenvalue weighted by Gasteiger charge is 2.34. The molecule has 2 N–H and O–H groups in total. The minimum atomic E-state index is -0.930. The van der Waals surface area contributed by atoms with Gasteiger partial charge in [-0.25, -0.2) is 4.79 Å². The van der Waals surface area contributed by atoms with Crippen LogP contribution in [0, 0.1) is 5.92 Å². The Hall–Kier alpha value is -3.88. The van der Waals surface area contributed by atoms with E-state index in [-0.39, 0.29) is 18.4 Å². The van der Waals surface area contributed by atoms with E-state index in [0.29, 0.717) is 17.0 Å². The predicted molar refractivity (Wildman–Crippen MR) is 121 cm³/mol. The van der Waals surface area contributed by atoms with Crippen LogP contribution in [-0.2, 0) is 19.1 Å². The Balaban J connectivity index is 1.67. The second-order valence-electron chi connectivity index (χ2n) is 7.86. The van der Waals surface area contributed by atoms with Crippen LogP contribution in [0.2, 0.25) is 0 Å². The molecule has 3 rings (SSSR count). The van der Waals surface area contributed by atoms with Crippen LogP contribution in [-0.4, -0.2) is 56.0 Å². The zero-order valence-electron chi connectivity index (χ0n) is 18.7. The van der Waals surface area contributed by atoms with Gasteiger partial charge in [0.25, 0.3) is 17.7 Å². The lowest BCUT2D eigenvalue weighted by Crippen LogP contribution is -2.51. The maximum Gasteiger partial charge on any atom is 0.329 e. The number of fused-ring (bicyclic) bond motifs is 1. The molecule has 0 saturated carbocycles. The molecule has 2 aromatic rings. The van der Waals surface area contributed by atoms with Gasteiger partial charge in [0.1, 0.15) is 11.8 Å². The minimum Gasteiger partial charge on any atom is -0.477 e. The normalized spacial score (nSPS) is 15.6. The molecule has 0 aromatic heterocycles. The number of esters is 1. The highest BCUT2D eigenvalue weighted by Crippen LogP contribution is 2.33. The van der Waals surface area contributed by atoms with Gasteiger partial charge in [-0.05, 0) is 30.2 Å². The van der Waals surface area contributed by atoms with Gasteiger partial charge in [-0.2, -0.15) is 0 Å². The van der Waals surface area contributed by atoms with Crippen molar-refractivity contribution < 1.29 is 28.7 Å². The number of nitrogens with one attached hydrogen (secondary N) is 2. The van der Waals surface area contributed by atoms with Crippen LogP contribution in [0.15, 0.2) is 54.6 Å². The third kappa shape index (κ3) is 5.68. The lowest BCUT2D eigenvalue weighted by molar-refractivity contribution is -0.151. The van der Waals surface area contributed by atoms with E-state index in [2.05, 4.69) is 10.6 Å². The summed E-state index contributed by atoms with van der Waals surface area (Å²) in [5.41, 5.74) is 0.897. The van der Waals surface area contributed by atoms with Crippen LogP contribution in [0.4, 0.5) is 5.69 Å². The van der Waals surface area contributed by atoms with Crippen LogP contribution in [0.25, 0.3) is 0 Å². The smallest absolute Gasteiger partial charge is 0.329 e. The van der Waals surface area contributed by atoms with Crippen molar-refractivity contribution in [3.63, 3.8) is 0 Å². The summed E-state index contributed by atoms with van der Waals surface area (Å²) in [5, 5.41) is 5.18. The van der Waals surface area contributed by atoms with Crippen LogP contribution < -0.4 is 20.3 Å². The number of nitrogens with zero attached hydrogens (tertiary/aromatic N) is 1. The van der Waals surface area contributed by atoms with Crippen molar-refractivity contribution in [1.82, 2.24) is 10.6 Å². The summed E-state index contributed by atoms with van der Waals surface area (Å²) in [6.07, 6.45) is -0.891. The molecule has 0 bridgehead atoms. The first kappa shape index (κ1) is 23.8. The van der Waals surface area contributed by atoms with E-state index in [1.165, 1.54) is 11.9 Å². The summed E-state index contributed by atoms with van der Waals surface area (Å²) >= 11 is 0. The van der Waals surface area contributed by atoms with Crippen molar-refractivity contribution in [3.05, 3.63) is 60.2 Å². The molecule has 0 unspecified atom stereocenters. The van der Waals surface area contributed by atoms with Gasteiger partial charge in [0.15, 0.2) is 12.7 Å². The average Bonchev–Trinajstić information content (AvgIpc) is 2.84. The molecule has 9 heteroatoms. The fraction of sp³-hybridized carbons (Fsp3) is 0.333. The van der Waals surface area contributed by atoms with Crippen molar-refractivity contribution in [3.8, 4) is 5.75 Å². The number of rotatable bonds is 7. The number of hydrogen-bond donors (Lipinski definition) is 2. The molecule has 1 aliphatic rings. The molecule has 2 atom stereocenters. The van der Waals surface area contributed by atoms with Crippen molar-refractivity contribution in [2.75, 3.05) is 25.1 Å². The summed E-state index contributed by atoms with van der Waals surface area (Å²) in [6, 6.07) is 14.4. The quantitative estimate of drug-likeness (QED) is 0.615. The van der Waals surface area contributed by atoms with Crippen molar-refractivity contribution in [2.24, 2.45) is 5.92 Å². The molecule has 1 heterocycles. The van der Waals surface area contributed by atoms with Gasteiger partial charge in [-0.15, -0.1) is 0 Å². The summed E-state index contributed by atoms with van der Waals surface area (Å²) in [7, 11) is 1.48. The Morgan fingerprint density at radius 1 is 1.06 bits per heavy atom. The number of likely N-dealkylation sites (N-methyl/N-ethyl adjacent to an activating group) is 1. The van der Waals surface area contributed by atoms with E-state index < -0.39 is 36.5 Å². The number of carbonyl (C=O) groups is 4. The first-order valence-electron chi connectivity index (χ1n) is 10.6. The Labute approximate surface area is 192 Å². The molecule has 0 spiro atoms. The summed E-state index contributed by atoms with van der Waals surface area (Å²) in [4.78, 5) is 51.6. The van der Waals surface area contributed by atoms with Crippen molar-refractivity contribution >= 4 is 29.4 Å². The maximum absolute atomic E-state index is 12.9. The second kappa shape index (κ2) is 10.6. The number of hydrogen-bond acceptors (Lipinski definition) is 6. The maximum atomic E-state index is 12.9. The number of benzene rings is 2. The molecular weight excluding hydrogens is 426 g/mol. The summed E-state index contributed by atoms with van der Waals surface area (Å²) in [6.45, 7) is 2.97. The first-order valence-corrected chi connectivity index (χ1v) is 10.6. The van der Waals surface area contributed by atoms with Crippen molar-refractivity contribution in [1.29, 1.82) is 0 Å². The molecule has 33 heavy (non-hydrogen) atoms. The first-order chi connectivity index (χ1) is 15.8. The fourth-order valence-electron chi connectivity index (χ4n) is 3.38. The SMILES string of the molecule is CNC(=O)[C@@H]1CN(C(=O)COC(=O)[C@H](NC(=O)c2ccccc2)C(C)C)c2ccccc2O1. The average molecular weight is 453 g/mol. The van der Waals surface area contributed by atoms with E-state index in [1.807, 2.05) is 0 Å². The molecule has 0 radical (unpaired) electrons. The lowest BCUT2D eigenvalue weighted by Gasteiger charge is -2.34. The van der Waals surface area contributed by atoms with Gasteiger partial charge < -0.3 is 25.0 Å². The van der Waals surface area contributed by atoms with Gasteiger partial charge in [0.05, 0.1) is 12.2 Å². The van der Waals surface area contributed by atoms with Gasteiger partial charge in [0.2, 0.25) is 0 Å². The van der Waals surface area contributed by atoms with Crippen LogP contribution >= 0.6 is 0 Å². The highest BCUT2D eigenvalue weighted by atomic mass is 16.5. The molecule has 3 amide bonds. The van der Waals surface area contributed by atoms with Crippen LogP contribution in [0.5, 0.6) is 5.75 Å². The van der Waals surface area contributed by atoms with Gasteiger partial charge in [-0.3, -0.25) is 14.4 Å². The Morgan fingerprint density at radius 3 is 2.39 bits per heavy atom. The number of anilines is 1. The van der Waals surface area contributed by atoms with Gasteiger partial charge in [-0.1, -0.05) is 44.2 Å². The van der Waals surface area contributed by atoms with E-state index >= 15 is 0 Å². The Bertz CT molecular complexity index is 1020. The lowest BCUT2D eigenvalue weighted by atomic mass is 10.0. The standard InChI is InChI=1S/C24H27N3O6/c1-15(2)21(26-22(29)16-9-5-4-6-10-16)24(31)32-14-20(28)27-13-19(23(30)25-3)33-18-12-8-7-11-17(18)27/h4-12,15,19,21H,13-14H2,1-3H3,(H,25,30)(H,26,29)/t19-,21+/m0/s1. The number of para-hydroxylation sites is 2. The topological polar surface area (TPSA) is 114 Å². The molecular formula is C24H27N3O6. The Kier molecular flexibility index (Phi) is 7.66. The van der Waals surface area contributed by atoms with E-state index in [4.69, 9.17) is 9.47 Å². The molecule has 2 aromatic carbocycles. The monoisotopic (exact) mass is 453 g/mol. The van der Waals surface area contributed by atoms with E-state index in [1.54, 1.807) is 68.4 Å². The molecule has 9 nitrogen and oxygen atoms in total. The minimum absolute atomic E-state index is 0.0224. The second-order valence-corrected chi connectivity index (χ2v) is 7.86. The summed E-state index contributed by atoms with van der Waals surface area (Å²) < 4.78 is 11.0. The predicted octanol–water partition coefficient (Wildman–Crippen LogP) is 1.52. The van der Waals surface area contributed by atoms with E-state index in [0.717, 1.165) is 0 Å².